The molecule has 1 aliphatic carbocycles. The van der Waals surface area contributed by atoms with E-state index in [2.05, 4.69) is 54.5 Å². The van der Waals surface area contributed by atoms with Crippen molar-refractivity contribution in [3.8, 4) is 0 Å². The maximum Gasteiger partial charge on any atom is 0.0248 e. The average molecular weight is 249 g/mol. The molecule has 0 spiro atoms. The van der Waals surface area contributed by atoms with E-state index in [9.17, 15) is 0 Å². The molecule has 0 heterocycles. The molecule has 1 nitrogen and oxygen atoms in total. The Hall–Kier alpha value is -0.470. The molecule has 94 valence electrons. The second-order valence-corrected chi connectivity index (χ2v) is 6.17. The summed E-state index contributed by atoms with van der Waals surface area (Å²) in [5.41, 5.74) is 0. The van der Waals surface area contributed by atoms with E-state index in [-0.39, 0.29) is 0 Å². The van der Waals surface area contributed by atoms with Crippen LogP contribution in [0.1, 0.15) is 38.5 Å². The number of nitrogens with one attached hydrogen (secondary N) is 1. The van der Waals surface area contributed by atoms with Crippen LogP contribution in [0.15, 0.2) is 35.2 Å². The van der Waals surface area contributed by atoms with E-state index >= 15 is 0 Å². The molecule has 17 heavy (non-hydrogen) atoms. The lowest BCUT2D eigenvalue weighted by Gasteiger charge is -2.28. The topological polar surface area (TPSA) is 12.0 Å². The van der Waals surface area contributed by atoms with Crippen molar-refractivity contribution < 1.29 is 0 Å². The molecule has 1 saturated carbocycles. The summed E-state index contributed by atoms with van der Waals surface area (Å²) in [7, 11) is 2.12. The first-order valence-corrected chi connectivity index (χ1v) is 7.67. The summed E-state index contributed by atoms with van der Waals surface area (Å²) >= 11 is 2.06. The Kier molecular flexibility index (Phi) is 5.40. The highest BCUT2D eigenvalue weighted by Gasteiger charge is 2.22. The Balaban J connectivity index is 1.99. The summed E-state index contributed by atoms with van der Waals surface area (Å²) in [5, 5.41) is 4.26. The number of hydrogen-bond donors (Lipinski definition) is 1. The van der Waals surface area contributed by atoms with Gasteiger partial charge < -0.3 is 5.32 Å². The van der Waals surface area contributed by atoms with E-state index in [1.165, 1.54) is 43.4 Å². The Morgan fingerprint density at radius 2 is 1.71 bits per heavy atom. The summed E-state index contributed by atoms with van der Waals surface area (Å²) in [4.78, 5) is 1.42. The van der Waals surface area contributed by atoms with Crippen LogP contribution in [0.3, 0.4) is 0 Å². The van der Waals surface area contributed by atoms with Crippen molar-refractivity contribution in [2.24, 2.45) is 0 Å². The molecule has 0 aliphatic heterocycles. The van der Waals surface area contributed by atoms with Crippen molar-refractivity contribution in [1.82, 2.24) is 5.32 Å². The molecule has 0 radical (unpaired) electrons. The van der Waals surface area contributed by atoms with Gasteiger partial charge in [-0.2, -0.15) is 0 Å². The van der Waals surface area contributed by atoms with Crippen molar-refractivity contribution in [1.29, 1.82) is 0 Å². The Morgan fingerprint density at radius 1 is 1.00 bits per heavy atom. The van der Waals surface area contributed by atoms with E-state index in [0.29, 0.717) is 6.04 Å². The molecule has 1 N–H and O–H groups in total. The van der Waals surface area contributed by atoms with Gasteiger partial charge in [0.1, 0.15) is 0 Å². The largest absolute Gasteiger partial charge is 0.316 e. The van der Waals surface area contributed by atoms with E-state index < -0.39 is 0 Å². The predicted molar refractivity (Wildman–Crippen MR) is 76.6 cm³/mol. The Bertz CT molecular complexity index is 312. The minimum Gasteiger partial charge on any atom is -0.316 e. The molecule has 1 fully saturated rings. The molecule has 0 saturated heterocycles. The monoisotopic (exact) mass is 249 g/mol. The number of benzene rings is 1. The van der Waals surface area contributed by atoms with Gasteiger partial charge in [0.15, 0.2) is 0 Å². The average Bonchev–Trinajstić information content (AvgIpc) is 2.34. The second-order valence-electron chi connectivity index (χ2n) is 4.86. The van der Waals surface area contributed by atoms with Crippen LogP contribution in [-0.4, -0.2) is 18.3 Å². The molecular formula is C15H23NS. The molecular weight excluding hydrogens is 226 g/mol. The van der Waals surface area contributed by atoms with Gasteiger partial charge in [-0.25, -0.2) is 0 Å². The van der Waals surface area contributed by atoms with Crippen molar-refractivity contribution in [3.05, 3.63) is 30.3 Å². The fourth-order valence-corrected chi connectivity index (χ4v) is 3.98. The summed E-state index contributed by atoms with van der Waals surface area (Å²) in [5.74, 6) is 0. The van der Waals surface area contributed by atoms with Gasteiger partial charge in [0, 0.05) is 16.2 Å². The molecule has 0 aromatic heterocycles. The second kappa shape index (κ2) is 7.07. The lowest BCUT2D eigenvalue weighted by atomic mass is 9.96. The lowest BCUT2D eigenvalue weighted by Crippen LogP contribution is -2.36. The van der Waals surface area contributed by atoms with Crippen LogP contribution in [0, 0.1) is 0 Å². The fraction of sp³-hybridized carbons (Fsp3) is 0.600. The molecule has 1 aromatic rings. The highest BCUT2D eigenvalue weighted by atomic mass is 32.2. The van der Waals surface area contributed by atoms with Gasteiger partial charge in [-0.1, -0.05) is 43.9 Å². The van der Waals surface area contributed by atoms with E-state index in [0.717, 1.165) is 5.25 Å². The maximum absolute atomic E-state index is 3.52. The van der Waals surface area contributed by atoms with Crippen molar-refractivity contribution in [2.45, 2.75) is 54.7 Å². The van der Waals surface area contributed by atoms with E-state index in [1.807, 2.05) is 0 Å². The molecule has 1 aromatic carbocycles. The van der Waals surface area contributed by atoms with Crippen LogP contribution in [0.2, 0.25) is 0 Å². The van der Waals surface area contributed by atoms with Crippen molar-refractivity contribution in [3.63, 3.8) is 0 Å². The maximum atomic E-state index is 3.52. The van der Waals surface area contributed by atoms with Gasteiger partial charge in [-0.3, -0.25) is 0 Å². The molecule has 2 heteroatoms. The molecule has 2 unspecified atom stereocenters. The van der Waals surface area contributed by atoms with Gasteiger partial charge in [0.25, 0.3) is 0 Å². The minimum absolute atomic E-state index is 0.681. The summed E-state index contributed by atoms with van der Waals surface area (Å²) in [6.45, 7) is 0. The summed E-state index contributed by atoms with van der Waals surface area (Å²) < 4.78 is 0. The van der Waals surface area contributed by atoms with Gasteiger partial charge in [0.2, 0.25) is 0 Å². The lowest BCUT2D eigenvalue weighted by molar-refractivity contribution is 0.420. The fourth-order valence-electron chi connectivity index (χ4n) is 2.60. The van der Waals surface area contributed by atoms with Gasteiger partial charge in [-0.15, -0.1) is 11.8 Å². The van der Waals surface area contributed by atoms with Gasteiger partial charge >= 0.3 is 0 Å². The molecule has 2 rings (SSSR count). The molecule has 0 bridgehead atoms. The number of rotatable bonds is 3. The van der Waals surface area contributed by atoms with Crippen LogP contribution < -0.4 is 5.32 Å². The summed E-state index contributed by atoms with van der Waals surface area (Å²) in [6, 6.07) is 11.5. The zero-order chi connectivity index (χ0) is 11.9. The van der Waals surface area contributed by atoms with Crippen LogP contribution in [-0.2, 0) is 0 Å². The number of thioether (sulfide) groups is 1. The molecule has 1 aliphatic rings. The summed E-state index contributed by atoms with van der Waals surface area (Å²) in [6.07, 6.45) is 8.30. The highest BCUT2D eigenvalue weighted by molar-refractivity contribution is 8.00. The van der Waals surface area contributed by atoms with Crippen LogP contribution in [0.4, 0.5) is 0 Å². The third-order valence-corrected chi connectivity index (χ3v) is 5.02. The third-order valence-electron chi connectivity index (χ3n) is 3.60. The first-order chi connectivity index (χ1) is 8.40. The minimum atomic E-state index is 0.681. The van der Waals surface area contributed by atoms with Crippen LogP contribution >= 0.6 is 11.8 Å². The SMILES string of the molecule is CNC1CCCCCCC1Sc1ccccc1. The Morgan fingerprint density at radius 3 is 2.41 bits per heavy atom. The Labute approximate surface area is 109 Å². The highest BCUT2D eigenvalue weighted by Crippen LogP contribution is 2.32. The predicted octanol–water partition coefficient (Wildman–Crippen LogP) is 4.09. The normalized spacial score (nSPS) is 26.2. The van der Waals surface area contributed by atoms with E-state index in [1.54, 1.807) is 0 Å². The van der Waals surface area contributed by atoms with Gasteiger partial charge in [0.05, 0.1) is 0 Å². The first kappa shape index (κ1) is 13.0. The van der Waals surface area contributed by atoms with Crippen LogP contribution in [0.5, 0.6) is 0 Å². The van der Waals surface area contributed by atoms with E-state index in [4.69, 9.17) is 0 Å². The van der Waals surface area contributed by atoms with Crippen LogP contribution in [0.25, 0.3) is 0 Å². The van der Waals surface area contributed by atoms with Crippen molar-refractivity contribution >= 4 is 11.8 Å². The smallest absolute Gasteiger partial charge is 0.0248 e. The first-order valence-electron chi connectivity index (χ1n) is 6.79. The quantitative estimate of drug-likeness (QED) is 0.866. The van der Waals surface area contributed by atoms with Gasteiger partial charge in [-0.05, 0) is 32.0 Å². The third kappa shape index (κ3) is 4.04. The zero-order valence-corrected chi connectivity index (χ0v) is 11.5. The standard InChI is InChI=1S/C15H23NS/c1-16-14-11-7-2-3-8-12-15(14)17-13-9-5-4-6-10-13/h4-6,9-10,14-16H,2-3,7-8,11-12H2,1H3. The molecule has 2 atom stereocenters. The molecule has 0 amide bonds. The van der Waals surface area contributed by atoms with Crippen molar-refractivity contribution in [2.75, 3.05) is 7.05 Å². The zero-order valence-electron chi connectivity index (χ0n) is 10.7. The number of hydrogen-bond acceptors (Lipinski definition) is 2.